The summed E-state index contributed by atoms with van der Waals surface area (Å²) in [4.78, 5) is 11.0. The molecule has 1 rings (SSSR count). The molecule has 2 N–H and O–H groups in total. The maximum atomic E-state index is 11.0. The number of phenolic OH excluding ortho intramolecular Hbond substituents is 2. The third-order valence-electron chi connectivity index (χ3n) is 1.47. The van der Waals surface area contributed by atoms with Crippen molar-refractivity contribution in [3.63, 3.8) is 0 Å². The first-order valence-electron chi connectivity index (χ1n) is 4.20. The Morgan fingerprint density at radius 1 is 1.36 bits per heavy atom. The number of esters is 1. The molecule has 0 saturated heterocycles. The lowest BCUT2D eigenvalue weighted by Crippen LogP contribution is -2.07. The summed E-state index contributed by atoms with van der Waals surface area (Å²) in [5.41, 5.74) is 0. The molecule has 0 aliphatic heterocycles. The summed E-state index contributed by atoms with van der Waals surface area (Å²) >= 11 is 0. The zero-order valence-corrected chi connectivity index (χ0v) is 7.73. The van der Waals surface area contributed by atoms with Crippen molar-refractivity contribution in [3.05, 3.63) is 24.6 Å². The zero-order chi connectivity index (χ0) is 10.6. The highest BCUT2D eigenvalue weighted by Gasteiger charge is 2.05. The van der Waals surface area contributed by atoms with Crippen LogP contribution in [0.3, 0.4) is 0 Å². The summed E-state index contributed by atoms with van der Waals surface area (Å²) in [6, 6.07) is 3.66. The monoisotopic (exact) mass is 195 g/mol. The Morgan fingerprint density at radius 3 is 2.43 bits per heavy atom. The molecule has 0 heterocycles. The third-order valence-corrected chi connectivity index (χ3v) is 1.47. The van der Waals surface area contributed by atoms with E-state index in [0.717, 1.165) is 6.07 Å². The van der Waals surface area contributed by atoms with Gasteiger partial charge in [0.2, 0.25) is 0 Å². The van der Waals surface area contributed by atoms with E-state index in [0.29, 0.717) is 6.42 Å². The van der Waals surface area contributed by atoms with Crippen molar-refractivity contribution in [2.24, 2.45) is 0 Å². The molecule has 4 nitrogen and oxygen atoms in total. The van der Waals surface area contributed by atoms with E-state index in [-0.39, 0.29) is 17.2 Å². The van der Waals surface area contributed by atoms with Gasteiger partial charge in [-0.1, -0.05) is 6.92 Å². The number of ether oxygens (including phenoxy) is 1. The van der Waals surface area contributed by atoms with Crippen LogP contribution in [0.25, 0.3) is 0 Å². The minimum Gasteiger partial charge on any atom is -0.508 e. The molecule has 1 aromatic carbocycles. The molecule has 75 valence electrons. The van der Waals surface area contributed by atoms with Gasteiger partial charge in [0.1, 0.15) is 17.2 Å². The van der Waals surface area contributed by atoms with E-state index in [1.54, 1.807) is 6.92 Å². The van der Waals surface area contributed by atoms with Gasteiger partial charge < -0.3 is 14.9 Å². The number of hydrogen-bond donors (Lipinski definition) is 2. The van der Waals surface area contributed by atoms with E-state index < -0.39 is 5.97 Å². The highest BCUT2D eigenvalue weighted by molar-refractivity contribution is 5.81. The molecule has 0 fully saturated rings. The van der Waals surface area contributed by atoms with Gasteiger partial charge in [-0.05, 0) is 6.42 Å². The van der Waals surface area contributed by atoms with Crippen molar-refractivity contribution in [1.29, 1.82) is 0 Å². The second kappa shape index (κ2) is 4.50. The Labute approximate surface area is 81.8 Å². The SMILES string of the molecule is CC[CH]C(=O)Oc1cc(O)cc(O)c1. The fourth-order valence-electron chi connectivity index (χ4n) is 0.951. The number of carbonyl (C=O) groups is 1. The van der Waals surface area contributed by atoms with Crippen molar-refractivity contribution in [3.8, 4) is 17.2 Å². The molecule has 0 bridgehead atoms. The van der Waals surface area contributed by atoms with Crippen molar-refractivity contribution in [2.75, 3.05) is 0 Å². The fourth-order valence-corrected chi connectivity index (χ4v) is 0.951. The maximum absolute atomic E-state index is 11.0. The second-order valence-electron chi connectivity index (χ2n) is 2.72. The second-order valence-corrected chi connectivity index (χ2v) is 2.72. The van der Waals surface area contributed by atoms with Crippen LogP contribution in [0.1, 0.15) is 13.3 Å². The summed E-state index contributed by atoms with van der Waals surface area (Å²) in [6.45, 7) is 1.81. The Balaban J connectivity index is 2.71. The number of phenols is 2. The lowest BCUT2D eigenvalue weighted by molar-refractivity contribution is -0.130. The van der Waals surface area contributed by atoms with Crippen molar-refractivity contribution < 1.29 is 19.7 Å². The maximum Gasteiger partial charge on any atom is 0.315 e. The predicted octanol–water partition coefficient (Wildman–Crippen LogP) is 1.62. The standard InChI is InChI=1S/C10H11O4/c1-2-3-10(13)14-9-5-7(11)4-8(12)6-9/h3-6,11-12H,2H2,1H3. The van der Waals surface area contributed by atoms with Gasteiger partial charge in [0, 0.05) is 18.2 Å². The topological polar surface area (TPSA) is 66.8 Å². The minimum atomic E-state index is -0.502. The van der Waals surface area contributed by atoms with Crippen molar-refractivity contribution in [1.82, 2.24) is 0 Å². The summed E-state index contributed by atoms with van der Waals surface area (Å²) in [5.74, 6) is -0.678. The average Bonchev–Trinajstić information content (AvgIpc) is 2.01. The van der Waals surface area contributed by atoms with Crippen LogP contribution in [0.4, 0.5) is 0 Å². The quantitative estimate of drug-likeness (QED) is 0.568. The van der Waals surface area contributed by atoms with Gasteiger partial charge in [-0.2, -0.15) is 0 Å². The van der Waals surface area contributed by atoms with Gasteiger partial charge >= 0.3 is 5.97 Å². The molecule has 0 atom stereocenters. The molecule has 0 aliphatic carbocycles. The van der Waals surface area contributed by atoms with Crippen LogP contribution in [-0.4, -0.2) is 16.2 Å². The van der Waals surface area contributed by atoms with Crippen LogP contribution in [0.5, 0.6) is 17.2 Å². The lowest BCUT2D eigenvalue weighted by Gasteiger charge is -2.03. The average molecular weight is 195 g/mol. The molecule has 0 aromatic heterocycles. The third kappa shape index (κ3) is 2.97. The van der Waals surface area contributed by atoms with Crippen LogP contribution < -0.4 is 4.74 Å². The summed E-state index contributed by atoms with van der Waals surface area (Å²) in [7, 11) is 0. The summed E-state index contributed by atoms with van der Waals surface area (Å²) in [5, 5.41) is 18.2. The molecule has 4 heteroatoms. The van der Waals surface area contributed by atoms with Gasteiger partial charge in [-0.25, -0.2) is 0 Å². The van der Waals surface area contributed by atoms with E-state index in [1.165, 1.54) is 18.6 Å². The van der Waals surface area contributed by atoms with Crippen molar-refractivity contribution >= 4 is 5.97 Å². The molecule has 0 spiro atoms. The van der Waals surface area contributed by atoms with Crippen molar-refractivity contribution in [2.45, 2.75) is 13.3 Å². The Kier molecular flexibility index (Phi) is 3.34. The summed E-state index contributed by atoms with van der Waals surface area (Å²) < 4.78 is 4.80. The van der Waals surface area contributed by atoms with Crippen LogP contribution in [0.2, 0.25) is 0 Å². The first-order chi connectivity index (χ1) is 6.61. The first-order valence-corrected chi connectivity index (χ1v) is 4.20. The summed E-state index contributed by atoms with van der Waals surface area (Å²) in [6.07, 6.45) is 1.94. The molecule has 1 radical (unpaired) electrons. The predicted molar refractivity (Wildman–Crippen MR) is 50.0 cm³/mol. The van der Waals surface area contributed by atoms with Crippen LogP contribution in [0, 0.1) is 6.42 Å². The highest BCUT2D eigenvalue weighted by Crippen LogP contribution is 2.25. The highest BCUT2D eigenvalue weighted by atomic mass is 16.5. The Bertz CT molecular complexity index is 313. The van der Waals surface area contributed by atoms with E-state index in [2.05, 4.69) is 0 Å². The zero-order valence-electron chi connectivity index (χ0n) is 7.73. The molecule has 0 saturated carbocycles. The number of carbonyl (C=O) groups excluding carboxylic acids is 1. The van der Waals surface area contributed by atoms with E-state index >= 15 is 0 Å². The van der Waals surface area contributed by atoms with Crippen LogP contribution >= 0.6 is 0 Å². The van der Waals surface area contributed by atoms with Gasteiger partial charge in [-0.15, -0.1) is 0 Å². The first kappa shape index (κ1) is 10.4. The van der Waals surface area contributed by atoms with E-state index in [9.17, 15) is 4.79 Å². The van der Waals surface area contributed by atoms with Gasteiger partial charge in [-0.3, -0.25) is 4.79 Å². The fraction of sp³-hybridized carbons (Fsp3) is 0.200. The van der Waals surface area contributed by atoms with Gasteiger partial charge in [0.05, 0.1) is 6.42 Å². The van der Waals surface area contributed by atoms with Crippen LogP contribution in [-0.2, 0) is 4.79 Å². The lowest BCUT2D eigenvalue weighted by atomic mass is 10.3. The van der Waals surface area contributed by atoms with Gasteiger partial charge in [0.25, 0.3) is 0 Å². The van der Waals surface area contributed by atoms with E-state index in [4.69, 9.17) is 14.9 Å². The normalized spacial score (nSPS) is 9.79. The number of hydrogen-bond acceptors (Lipinski definition) is 4. The number of benzene rings is 1. The smallest absolute Gasteiger partial charge is 0.315 e. The number of rotatable bonds is 3. The number of aromatic hydroxyl groups is 2. The van der Waals surface area contributed by atoms with E-state index in [1.807, 2.05) is 0 Å². The molecule has 14 heavy (non-hydrogen) atoms. The minimum absolute atomic E-state index is 0.122. The Morgan fingerprint density at radius 2 is 1.93 bits per heavy atom. The molecule has 1 aromatic rings. The molecule has 0 amide bonds. The molecule has 0 aliphatic rings. The van der Waals surface area contributed by atoms with Crippen LogP contribution in [0.15, 0.2) is 18.2 Å². The van der Waals surface area contributed by atoms with Gasteiger partial charge in [0.15, 0.2) is 0 Å². The molecular formula is C10H11O4. The molecule has 0 unspecified atom stereocenters. The molecular weight excluding hydrogens is 184 g/mol. The largest absolute Gasteiger partial charge is 0.508 e. The Hall–Kier alpha value is -1.71.